The van der Waals surface area contributed by atoms with E-state index in [1.165, 1.54) is 6.26 Å². The highest BCUT2D eigenvalue weighted by Gasteiger charge is 2.31. The molecule has 172 valence electrons. The highest BCUT2D eigenvalue weighted by Crippen LogP contribution is 2.34. The molecular formula is C22H26N8O2S. The molecule has 0 spiro atoms. The van der Waals surface area contributed by atoms with E-state index in [9.17, 15) is 8.42 Å². The Hall–Kier alpha value is -3.18. The van der Waals surface area contributed by atoms with Crippen LogP contribution in [0.4, 0.5) is 11.5 Å². The predicted octanol–water partition coefficient (Wildman–Crippen LogP) is 1.50. The Bertz CT molecular complexity index is 1280. The van der Waals surface area contributed by atoms with Crippen LogP contribution in [-0.4, -0.2) is 65.3 Å². The van der Waals surface area contributed by atoms with Gasteiger partial charge >= 0.3 is 0 Å². The van der Waals surface area contributed by atoms with E-state index < -0.39 is 10.0 Å². The number of aromatic nitrogens is 5. The minimum Gasteiger partial charge on any atom is -0.368 e. The molecule has 5 heterocycles. The lowest BCUT2D eigenvalue weighted by Crippen LogP contribution is -2.59. The van der Waals surface area contributed by atoms with Gasteiger partial charge < -0.3 is 9.80 Å². The van der Waals surface area contributed by atoms with Gasteiger partial charge in [0.05, 0.1) is 24.0 Å². The molecule has 3 aromatic heterocycles. The molecule has 0 aromatic carbocycles. The van der Waals surface area contributed by atoms with Crippen molar-refractivity contribution in [1.29, 1.82) is 0 Å². The van der Waals surface area contributed by atoms with Gasteiger partial charge in [0, 0.05) is 67.7 Å². The molecule has 0 aliphatic carbocycles. The van der Waals surface area contributed by atoms with Crippen LogP contribution < -0.4 is 14.5 Å². The molecular weight excluding hydrogens is 440 g/mol. The van der Waals surface area contributed by atoms with Crippen molar-refractivity contribution in [3.8, 4) is 11.6 Å². The van der Waals surface area contributed by atoms with Crippen LogP contribution in [0, 0.1) is 6.92 Å². The largest absolute Gasteiger partial charge is 0.368 e. The second-order valence-electron chi connectivity index (χ2n) is 8.60. The first kappa shape index (κ1) is 21.7. The lowest BCUT2D eigenvalue weighted by molar-refractivity contribution is 0.471. The van der Waals surface area contributed by atoms with Gasteiger partial charge in [-0.25, -0.2) is 38.1 Å². The van der Waals surface area contributed by atoms with Gasteiger partial charge in [0.1, 0.15) is 5.82 Å². The molecule has 1 atom stereocenters. The van der Waals surface area contributed by atoms with E-state index in [1.54, 1.807) is 18.5 Å². The van der Waals surface area contributed by atoms with Crippen molar-refractivity contribution in [2.24, 2.45) is 0 Å². The van der Waals surface area contributed by atoms with E-state index in [1.807, 2.05) is 19.2 Å². The van der Waals surface area contributed by atoms with Crippen LogP contribution in [0.25, 0.3) is 11.6 Å². The number of fused-ring (bicyclic) bond motifs is 1. The molecule has 0 radical (unpaired) electrons. The number of sulfonamides is 1. The van der Waals surface area contributed by atoms with Crippen molar-refractivity contribution in [2.45, 2.75) is 32.4 Å². The quantitative estimate of drug-likeness (QED) is 0.597. The Morgan fingerprint density at radius 1 is 1.06 bits per heavy atom. The molecule has 1 N–H and O–H groups in total. The fraction of sp³-hybridized carbons (Fsp3) is 0.409. The summed E-state index contributed by atoms with van der Waals surface area (Å²) in [6.07, 6.45) is 7.22. The van der Waals surface area contributed by atoms with Gasteiger partial charge in [-0.2, -0.15) is 0 Å². The lowest BCUT2D eigenvalue weighted by Gasteiger charge is -2.42. The van der Waals surface area contributed by atoms with Crippen molar-refractivity contribution in [3.63, 3.8) is 0 Å². The van der Waals surface area contributed by atoms with Crippen molar-refractivity contribution >= 4 is 21.5 Å². The van der Waals surface area contributed by atoms with Crippen LogP contribution in [0.15, 0.2) is 36.8 Å². The van der Waals surface area contributed by atoms with Crippen LogP contribution in [0.1, 0.15) is 29.9 Å². The fourth-order valence-corrected chi connectivity index (χ4v) is 5.18. The van der Waals surface area contributed by atoms with Crippen LogP contribution in [0.3, 0.4) is 0 Å². The first-order valence-corrected chi connectivity index (χ1v) is 12.8. The number of nitrogens with zero attached hydrogens (tertiary/aromatic N) is 7. The summed E-state index contributed by atoms with van der Waals surface area (Å²) in [6, 6.07) is 5.90. The molecule has 1 saturated heterocycles. The molecule has 0 saturated carbocycles. The van der Waals surface area contributed by atoms with Gasteiger partial charge in [-0.15, -0.1) is 0 Å². The lowest BCUT2D eigenvalue weighted by atomic mass is 9.99. The zero-order valence-corrected chi connectivity index (χ0v) is 19.6. The third-order valence-electron chi connectivity index (χ3n) is 6.02. The third kappa shape index (κ3) is 4.51. The highest BCUT2D eigenvalue weighted by molar-refractivity contribution is 7.88. The van der Waals surface area contributed by atoms with Crippen LogP contribution in [0.2, 0.25) is 0 Å². The summed E-state index contributed by atoms with van der Waals surface area (Å²) in [4.78, 5) is 27.0. The summed E-state index contributed by atoms with van der Waals surface area (Å²) in [5.74, 6) is 1.97. The number of nitrogens with one attached hydrogen (secondary N) is 1. The maximum atomic E-state index is 11.5. The van der Waals surface area contributed by atoms with Crippen LogP contribution in [0.5, 0.6) is 0 Å². The van der Waals surface area contributed by atoms with E-state index in [0.717, 1.165) is 41.4 Å². The third-order valence-corrected chi connectivity index (χ3v) is 6.78. The SMILES string of the molecule is Cc1cc(N2CC(NS(C)(=O)=O)C2)cc(N2CCc3nc(-c4ncccn4)ncc3C2C)n1. The minimum absolute atomic E-state index is 0.0577. The maximum absolute atomic E-state index is 11.5. The molecule has 0 bridgehead atoms. The van der Waals surface area contributed by atoms with Crippen molar-refractivity contribution in [1.82, 2.24) is 29.6 Å². The summed E-state index contributed by atoms with van der Waals surface area (Å²) in [6.45, 7) is 6.20. The summed E-state index contributed by atoms with van der Waals surface area (Å²) < 4.78 is 25.6. The monoisotopic (exact) mass is 466 g/mol. The van der Waals surface area contributed by atoms with Crippen molar-refractivity contribution in [2.75, 3.05) is 35.7 Å². The summed E-state index contributed by atoms with van der Waals surface area (Å²) in [5.41, 5.74) is 4.07. The summed E-state index contributed by atoms with van der Waals surface area (Å²) >= 11 is 0. The Kier molecular flexibility index (Phi) is 5.45. The average molecular weight is 467 g/mol. The maximum Gasteiger partial charge on any atom is 0.209 e. The van der Waals surface area contributed by atoms with Crippen molar-refractivity contribution in [3.05, 3.63) is 53.7 Å². The topological polar surface area (TPSA) is 117 Å². The van der Waals surface area contributed by atoms with Gasteiger partial charge in [0.25, 0.3) is 0 Å². The molecule has 3 aromatic rings. The molecule has 1 unspecified atom stereocenters. The average Bonchev–Trinajstić information content (AvgIpc) is 2.75. The standard InChI is InChI=1S/C22H26N8O2S/c1-14-9-17(29-12-16(13-29)28-33(3,31)32)10-20(26-14)30-8-5-19-18(15(30)2)11-25-22(27-19)21-23-6-4-7-24-21/h4,6-7,9-11,15-16,28H,5,8,12-13H2,1-3H3. The zero-order valence-electron chi connectivity index (χ0n) is 18.8. The van der Waals surface area contributed by atoms with Gasteiger partial charge in [0.15, 0.2) is 11.6 Å². The predicted molar refractivity (Wildman–Crippen MR) is 125 cm³/mol. The Balaban J connectivity index is 1.36. The smallest absolute Gasteiger partial charge is 0.209 e. The molecule has 5 rings (SSSR count). The van der Waals surface area contributed by atoms with Crippen molar-refractivity contribution < 1.29 is 8.42 Å². The van der Waals surface area contributed by atoms with E-state index in [4.69, 9.17) is 9.97 Å². The molecule has 11 heteroatoms. The number of aryl methyl sites for hydroxylation is 1. The number of rotatable bonds is 5. The second-order valence-corrected chi connectivity index (χ2v) is 10.4. The number of hydrogen-bond acceptors (Lipinski definition) is 9. The van der Waals surface area contributed by atoms with Crippen LogP contribution in [-0.2, 0) is 16.4 Å². The molecule has 10 nitrogen and oxygen atoms in total. The Morgan fingerprint density at radius 3 is 2.55 bits per heavy atom. The molecule has 33 heavy (non-hydrogen) atoms. The van der Waals surface area contributed by atoms with E-state index >= 15 is 0 Å². The van der Waals surface area contributed by atoms with E-state index in [2.05, 4.69) is 42.5 Å². The van der Waals surface area contributed by atoms with Gasteiger partial charge in [-0.1, -0.05) is 0 Å². The fourth-order valence-electron chi connectivity index (χ4n) is 4.43. The zero-order chi connectivity index (χ0) is 23.2. The number of pyridine rings is 1. The molecule has 1 fully saturated rings. The van der Waals surface area contributed by atoms with E-state index in [0.29, 0.717) is 24.7 Å². The second kappa shape index (κ2) is 8.31. The Morgan fingerprint density at radius 2 is 1.82 bits per heavy atom. The summed E-state index contributed by atoms with van der Waals surface area (Å²) in [7, 11) is -3.20. The van der Waals surface area contributed by atoms with Gasteiger partial charge in [0.2, 0.25) is 10.0 Å². The first-order valence-electron chi connectivity index (χ1n) is 10.9. The number of anilines is 2. The molecule has 0 amide bonds. The Labute approximate surface area is 193 Å². The van der Waals surface area contributed by atoms with E-state index in [-0.39, 0.29) is 12.1 Å². The van der Waals surface area contributed by atoms with Crippen LogP contribution >= 0.6 is 0 Å². The number of hydrogen-bond donors (Lipinski definition) is 1. The highest BCUT2D eigenvalue weighted by atomic mass is 32.2. The van der Waals surface area contributed by atoms with Gasteiger partial charge in [-0.3, -0.25) is 0 Å². The van der Waals surface area contributed by atoms with Gasteiger partial charge in [-0.05, 0) is 26.0 Å². The molecule has 2 aliphatic heterocycles. The molecule has 2 aliphatic rings. The minimum atomic E-state index is -3.20. The normalized spacial score (nSPS) is 18.7. The first-order chi connectivity index (χ1) is 15.8. The summed E-state index contributed by atoms with van der Waals surface area (Å²) in [5, 5.41) is 0.